The van der Waals surface area contributed by atoms with Crippen molar-refractivity contribution in [3.63, 3.8) is 0 Å². The fourth-order valence-electron chi connectivity index (χ4n) is 3.45. The van der Waals surface area contributed by atoms with Crippen molar-refractivity contribution in [1.29, 1.82) is 0 Å². The number of carbonyl (C=O) groups is 1. The minimum Gasteiger partial charge on any atom is -0.489 e. The van der Waals surface area contributed by atoms with Crippen LogP contribution in [0, 0.1) is 5.92 Å². The summed E-state index contributed by atoms with van der Waals surface area (Å²) in [6, 6.07) is 18.4. The van der Waals surface area contributed by atoms with Crippen LogP contribution in [0.4, 0.5) is 0 Å². The summed E-state index contributed by atoms with van der Waals surface area (Å²) in [5.41, 5.74) is 2.30. The molecule has 31 heavy (non-hydrogen) atoms. The molecule has 1 fully saturated rings. The van der Waals surface area contributed by atoms with Gasteiger partial charge in [-0.2, -0.15) is 0 Å². The topological polar surface area (TPSA) is 66.0 Å². The average molecular weight is 536 g/mol. The molecule has 1 amide bonds. The molecule has 1 aliphatic heterocycles. The van der Waals surface area contributed by atoms with Gasteiger partial charge >= 0.3 is 0 Å². The number of halogens is 1. The van der Waals surface area contributed by atoms with E-state index >= 15 is 0 Å². The maximum absolute atomic E-state index is 12.2. The van der Waals surface area contributed by atoms with E-state index in [9.17, 15) is 4.79 Å². The number of hydrogen-bond donors (Lipinski definition) is 2. The van der Waals surface area contributed by atoms with Crippen LogP contribution in [0.25, 0.3) is 0 Å². The van der Waals surface area contributed by atoms with Gasteiger partial charge in [-0.1, -0.05) is 56.3 Å². The second-order valence-electron chi connectivity index (χ2n) is 7.91. The average Bonchev–Trinajstić information content (AvgIpc) is 3.24. The van der Waals surface area contributed by atoms with Gasteiger partial charge in [0.15, 0.2) is 5.96 Å². The summed E-state index contributed by atoms with van der Waals surface area (Å²) >= 11 is 0. The molecule has 168 valence electrons. The van der Waals surface area contributed by atoms with E-state index in [1.54, 1.807) is 7.05 Å². The van der Waals surface area contributed by atoms with Crippen LogP contribution >= 0.6 is 24.0 Å². The van der Waals surface area contributed by atoms with Crippen molar-refractivity contribution in [3.8, 4) is 5.75 Å². The fraction of sp³-hybridized carbons (Fsp3) is 0.417. The lowest BCUT2D eigenvalue weighted by atomic mass is 10.1. The number of rotatable bonds is 7. The number of benzene rings is 2. The summed E-state index contributed by atoms with van der Waals surface area (Å²) in [4.78, 5) is 18.4. The number of nitrogens with zero attached hydrogens (tertiary/aromatic N) is 2. The first-order valence-corrected chi connectivity index (χ1v) is 10.6. The number of amides is 1. The Kier molecular flexibility index (Phi) is 10.1. The molecule has 1 unspecified atom stereocenters. The number of para-hydroxylation sites is 1. The van der Waals surface area contributed by atoms with E-state index in [0.717, 1.165) is 36.8 Å². The van der Waals surface area contributed by atoms with Crippen molar-refractivity contribution < 1.29 is 9.53 Å². The first-order valence-electron chi connectivity index (χ1n) is 10.6. The molecule has 0 aliphatic carbocycles. The van der Waals surface area contributed by atoms with Crippen LogP contribution in [-0.4, -0.2) is 42.9 Å². The molecule has 1 saturated heterocycles. The molecule has 6 nitrogen and oxygen atoms in total. The Morgan fingerprint density at radius 2 is 1.81 bits per heavy atom. The number of hydrogen-bond acceptors (Lipinski definition) is 3. The number of guanidine groups is 1. The van der Waals surface area contributed by atoms with E-state index in [4.69, 9.17) is 4.74 Å². The second-order valence-corrected chi connectivity index (χ2v) is 7.91. The third-order valence-electron chi connectivity index (χ3n) is 5.19. The lowest BCUT2D eigenvalue weighted by molar-refractivity contribution is -0.133. The van der Waals surface area contributed by atoms with Gasteiger partial charge in [0.2, 0.25) is 5.91 Å². The van der Waals surface area contributed by atoms with Crippen LogP contribution in [0.2, 0.25) is 0 Å². The number of aliphatic imine (C=N–C) groups is 1. The van der Waals surface area contributed by atoms with Gasteiger partial charge in [-0.25, -0.2) is 0 Å². The van der Waals surface area contributed by atoms with Gasteiger partial charge in [0.05, 0.1) is 0 Å². The highest BCUT2D eigenvalue weighted by molar-refractivity contribution is 14.0. The van der Waals surface area contributed by atoms with Crippen LogP contribution < -0.4 is 15.4 Å². The Bertz CT molecular complexity index is 840. The molecule has 7 heteroatoms. The van der Waals surface area contributed by atoms with Crippen molar-refractivity contribution in [2.24, 2.45) is 10.9 Å². The minimum atomic E-state index is 0. The van der Waals surface area contributed by atoms with Crippen LogP contribution in [-0.2, 0) is 17.9 Å². The minimum absolute atomic E-state index is 0. The number of likely N-dealkylation sites (tertiary alicyclic amines) is 1. The van der Waals surface area contributed by atoms with Gasteiger partial charge in [-0.05, 0) is 29.7 Å². The molecule has 0 saturated carbocycles. The third kappa shape index (κ3) is 7.72. The Hall–Kier alpha value is -2.29. The predicted octanol–water partition coefficient (Wildman–Crippen LogP) is 3.81. The summed E-state index contributed by atoms with van der Waals surface area (Å²) in [7, 11) is 1.77. The number of carbonyl (C=O) groups excluding carboxylic acids is 1. The lowest BCUT2D eigenvalue weighted by Gasteiger charge is -2.20. The van der Waals surface area contributed by atoms with Crippen LogP contribution in [0.3, 0.4) is 0 Å². The van der Waals surface area contributed by atoms with E-state index in [-0.39, 0.29) is 41.8 Å². The van der Waals surface area contributed by atoms with Gasteiger partial charge in [0.1, 0.15) is 12.4 Å². The highest BCUT2D eigenvalue weighted by atomic mass is 127. The molecule has 1 aliphatic rings. The molecule has 2 aromatic carbocycles. The van der Waals surface area contributed by atoms with Gasteiger partial charge in [-0.3, -0.25) is 9.79 Å². The number of ether oxygens (including phenoxy) is 1. The Morgan fingerprint density at radius 1 is 1.13 bits per heavy atom. The Balaban J connectivity index is 0.00000341. The molecule has 0 bridgehead atoms. The van der Waals surface area contributed by atoms with E-state index in [1.165, 1.54) is 5.56 Å². The molecular formula is C24H33IN4O2. The maximum Gasteiger partial charge on any atom is 0.225 e. The zero-order valence-electron chi connectivity index (χ0n) is 18.5. The smallest absolute Gasteiger partial charge is 0.225 e. The Morgan fingerprint density at radius 3 is 2.45 bits per heavy atom. The van der Waals surface area contributed by atoms with Crippen molar-refractivity contribution in [1.82, 2.24) is 15.5 Å². The highest BCUT2D eigenvalue weighted by Crippen LogP contribution is 2.14. The summed E-state index contributed by atoms with van der Waals surface area (Å²) < 4.78 is 5.79. The van der Waals surface area contributed by atoms with E-state index in [1.807, 2.05) is 49.1 Å². The zero-order chi connectivity index (χ0) is 21.3. The summed E-state index contributed by atoms with van der Waals surface area (Å²) in [6.07, 6.45) is 0.940. The molecule has 2 aromatic rings. The first-order chi connectivity index (χ1) is 14.5. The summed E-state index contributed by atoms with van der Waals surface area (Å²) in [5, 5.41) is 6.80. The molecule has 0 spiro atoms. The highest BCUT2D eigenvalue weighted by Gasteiger charge is 2.27. The van der Waals surface area contributed by atoms with Gasteiger partial charge in [0.25, 0.3) is 0 Å². The maximum atomic E-state index is 12.2. The van der Waals surface area contributed by atoms with Crippen molar-refractivity contribution in [2.45, 2.75) is 39.5 Å². The SMILES string of the molecule is CN=C(NCc1ccc(COc2ccccc2)cc1)NC1CCN(C(=O)C(C)C)C1.I. The van der Waals surface area contributed by atoms with Crippen LogP contribution in [0.1, 0.15) is 31.4 Å². The predicted molar refractivity (Wildman–Crippen MR) is 136 cm³/mol. The van der Waals surface area contributed by atoms with E-state index < -0.39 is 0 Å². The number of nitrogens with one attached hydrogen (secondary N) is 2. The van der Waals surface area contributed by atoms with Crippen LogP contribution in [0.15, 0.2) is 59.6 Å². The Labute approximate surface area is 202 Å². The zero-order valence-corrected chi connectivity index (χ0v) is 20.8. The van der Waals surface area contributed by atoms with Crippen molar-refractivity contribution >= 4 is 35.8 Å². The van der Waals surface area contributed by atoms with Gasteiger partial charge < -0.3 is 20.3 Å². The largest absolute Gasteiger partial charge is 0.489 e. The molecule has 2 N–H and O–H groups in total. The first kappa shape index (κ1) is 25.0. The lowest BCUT2D eigenvalue weighted by Crippen LogP contribution is -2.45. The van der Waals surface area contributed by atoms with E-state index in [2.05, 4.69) is 39.9 Å². The van der Waals surface area contributed by atoms with Crippen molar-refractivity contribution in [2.75, 3.05) is 20.1 Å². The van der Waals surface area contributed by atoms with Crippen LogP contribution in [0.5, 0.6) is 5.75 Å². The quantitative estimate of drug-likeness (QED) is 0.321. The standard InChI is InChI=1S/C24H32N4O2.HI/c1-18(2)23(29)28-14-13-21(16-28)27-24(25-3)26-15-19-9-11-20(12-10-19)17-30-22-7-5-4-6-8-22;/h4-12,18,21H,13-17H2,1-3H3,(H2,25,26,27);1H. The molecule has 1 heterocycles. The fourth-order valence-corrected chi connectivity index (χ4v) is 3.45. The normalized spacial score (nSPS) is 16.1. The van der Waals surface area contributed by atoms with Gasteiger partial charge in [-0.15, -0.1) is 24.0 Å². The monoisotopic (exact) mass is 536 g/mol. The third-order valence-corrected chi connectivity index (χ3v) is 5.19. The molecular weight excluding hydrogens is 503 g/mol. The molecule has 0 radical (unpaired) electrons. The summed E-state index contributed by atoms with van der Waals surface area (Å²) in [6.45, 7) is 6.66. The van der Waals surface area contributed by atoms with E-state index in [0.29, 0.717) is 13.2 Å². The molecule has 1 atom stereocenters. The van der Waals surface area contributed by atoms with Crippen molar-refractivity contribution in [3.05, 3.63) is 65.7 Å². The summed E-state index contributed by atoms with van der Waals surface area (Å²) in [5.74, 6) is 1.90. The van der Waals surface area contributed by atoms with Gasteiger partial charge in [0, 0.05) is 38.6 Å². The molecule has 3 rings (SSSR count). The molecule has 0 aromatic heterocycles. The second kappa shape index (κ2) is 12.5.